The molecule has 76 valence electrons. The molecule has 1 saturated heterocycles. The Kier molecular flexibility index (Phi) is 3.40. The van der Waals surface area contributed by atoms with Crippen molar-refractivity contribution in [1.82, 2.24) is 0 Å². The van der Waals surface area contributed by atoms with Gasteiger partial charge in [0.2, 0.25) is 0 Å². The average Bonchev–Trinajstić information content (AvgIpc) is 2.15. The molecule has 1 heterocycles. The molecule has 5 heteroatoms. The Morgan fingerprint density at radius 2 is 1.77 bits per heavy atom. The van der Waals surface area contributed by atoms with E-state index in [1.165, 1.54) is 6.08 Å². The summed E-state index contributed by atoms with van der Waals surface area (Å²) in [7, 11) is 0. The highest BCUT2D eigenvalue weighted by Crippen LogP contribution is 2.21. The minimum Gasteiger partial charge on any atom is -0.394 e. The van der Waals surface area contributed by atoms with E-state index in [0.29, 0.717) is 0 Å². The van der Waals surface area contributed by atoms with Gasteiger partial charge in [-0.25, -0.2) is 0 Å². The van der Waals surface area contributed by atoms with Crippen molar-refractivity contribution >= 4 is 0 Å². The van der Waals surface area contributed by atoms with E-state index in [9.17, 15) is 15.3 Å². The number of hydrogen-bond acceptors (Lipinski definition) is 5. The lowest BCUT2D eigenvalue weighted by Gasteiger charge is -2.38. The highest BCUT2D eigenvalue weighted by molar-refractivity contribution is 4.98. The van der Waals surface area contributed by atoms with Crippen molar-refractivity contribution in [3.05, 3.63) is 12.7 Å². The van der Waals surface area contributed by atoms with Crippen LogP contribution in [0.1, 0.15) is 0 Å². The van der Waals surface area contributed by atoms with Gasteiger partial charge >= 0.3 is 0 Å². The van der Waals surface area contributed by atoms with Gasteiger partial charge in [-0.15, -0.1) is 6.58 Å². The van der Waals surface area contributed by atoms with E-state index in [4.69, 9.17) is 9.84 Å². The third-order valence-electron chi connectivity index (χ3n) is 2.16. The molecule has 1 aliphatic rings. The molecule has 0 radical (unpaired) electrons. The summed E-state index contributed by atoms with van der Waals surface area (Å²) in [6, 6.07) is 0. The summed E-state index contributed by atoms with van der Waals surface area (Å²) in [4.78, 5) is 0. The number of ether oxygens (including phenoxy) is 1. The average molecular weight is 190 g/mol. The van der Waals surface area contributed by atoms with Crippen LogP contribution in [0.2, 0.25) is 0 Å². The first kappa shape index (κ1) is 10.6. The number of rotatable bonds is 2. The molecule has 13 heavy (non-hydrogen) atoms. The fourth-order valence-corrected chi connectivity index (χ4v) is 1.33. The Bertz CT molecular complexity index is 181. The topological polar surface area (TPSA) is 90.2 Å². The maximum Gasteiger partial charge on any atom is 0.112 e. The van der Waals surface area contributed by atoms with E-state index < -0.39 is 37.1 Å². The molecule has 1 unspecified atom stereocenters. The smallest absolute Gasteiger partial charge is 0.112 e. The van der Waals surface area contributed by atoms with Gasteiger partial charge in [-0.05, 0) is 0 Å². The number of aliphatic hydroxyl groups is 4. The first-order chi connectivity index (χ1) is 6.11. The van der Waals surface area contributed by atoms with Gasteiger partial charge in [0, 0.05) is 0 Å². The summed E-state index contributed by atoms with van der Waals surface area (Å²) >= 11 is 0. The Balaban J connectivity index is 2.71. The van der Waals surface area contributed by atoms with Crippen molar-refractivity contribution in [2.24, 2.45) is 0 Å². The zero-order chi connectivity index (χ0) is 10.0. The standard InChI is InChI=1S/C8H14O5/c1-2-4-6(10)8(12)7(11)5(3-9)13-4/h2,4-12H,1,3H2/t4?,5-,6+,7-,8-/m1/s1. The molecule has 1 rings (SSSR count). The van der Waals surface area contributed by atoms with Gasteiger partial charge in [0.05, 0.1) is 6.61 Å². The summed E-state index contributed by atoms with van der Waals surface area (Å²) in [6.07, 6.45) is -4.08. The Morgan fingerprint density at radius 3 is 2.23 bits per heavy atom. The fraction of sp³-hybridized carbons (Fsp3) is 0.750. The molecule has 5 atom stereocenters. The first-order valence-electron chi connectivity index (χ1n) is 4.05. The predicted octanol–water partition coefficient (Wildman–Crippen LogP) is -1.99. The van der Waals surface area contributed by atoms with Crippen molar-refractivity contribution in [2.75, 3.05) is 6.61 Å². The molecule has 0 bridgehead atoms. The highest BCUT2D eigenvalue weighted by atomic mass is 16.5. The van der Waals surface area contributed by atoms with Crippen molar-refractivity contribution in [3.63, 3.8) is 0 Å². The minimum atomic E-state index is -1.31. The SMILES string of the molecule is C=CC1O[C@H](CO)[C@@H](O)[C@H](O)[C@H]1O. The van der Waals surface area contributed by atoms with Crippen LogP contribution in [-0.4, -0.2) is 57.6 Å². The van der Waals surface area contributed by atoms with Gasteiger partial charge in [-0.2, -0.15) is 0 Å². The monoisotopic (exact) mass is 190 g/mol. The highest BCUT2D eigenvalue weighted by Gasteiger charge is 2.41. The lowest BCUT2D eigenvalue weighted by atomic mass is 9.95. The van der Waals surface area contributed by atoms with Crippen molar-refractivity contribution in [2.45, 2.75) is 30.5 Å². The van der Waals surface area contributed by atoms with E-state index in [1.807, 2.05) is 0 Å². The summed E-state index contributed by atoms with van der Waals surface area (Å²) in [5.41, 5.74) is 0. The van der Waals surface area contributed by atoms with Gasteiger partial charge in [0.1, 0.15) is 30.5 Å². The van der Waals surface area contributed by atoms with Gasteiger partial charge < -0.3 is 25.2 Å². The molecular formula is C8H14O5. The molecular weight excluding hydrogens is 176 g/mol. The fourth-order valence-electron chi connectivity index (χ4n) is 1.33. The molecule has 5 nitrogen and oxygen atoms in total. The second kappa shape index (κ2) is 4.17. The second-order valence-electron chi connectivity index (χ2n) is 3.03. The van der Waals surface area contributed by atoms with E-state index in [-0.39, 0.29) is 0 Å². The van der Waals surface area contributed by atoms with Crippen molar-refractivity contribution < 1.29 is 25.2 Å². The molecule has 0 spiro atoms. The van der Waals surface area contributed by atoms with Crippen molar-refractivity contribution in [3.8, 4) is 0 Å². The maximum atomic E-state index is 9.33. The summed E-state index contributed by atoms with van der Waals surface area (Å²) in [6.45, 7) is 3.00. The zero-order valence-electron chi connectivity index (χ0n) is 7.08. The van der Waals surface area contributed by atoms with Gasteiger partial charge in [0.15, 0.2) is 0 Å². The maximum absolute atomic E-state index is 9.33. The lowest BCUT2D eigenvalue weighted by molar-refractivity contribution is -0.216. The minimum absolute atomic E-state index is 0.407. The van der Waals surface area contributed by atoms with Crippen LogP contribution in [0.3, 0.4) is 0 Å². The van der Waals surface area contributed by atoms with Crippen LogP contribution in [0.5, 0.6) is 0 Å². The summed E-state index contributed by atoms with van der Waals surface area (Å²) in [5, 5.41) is 36.7. The zero-order valence-corrected chi connectivity index (χ0v) is 7.08. The molecule has 1 fully saturated rings. The lowest BCUT2D eigenvalue weighted by Crippen LogP contribution is -2.57. The molecule has 4 N–H and O–H groups in total. The van der Waals surface area contributed by atoms with Crippen LogP contribution in [0, 0.1) is 0 Å². The Morgan fingerprint density at radius 1 is 1.15 bits per heavy atom. The second-order valence-corrected chi connectivity index (χ2v) is 3.03. The normalized spacial score (nSPS) is 46.0. The van der Waals surface area contributed by atoms with Crippen LogP contribution in [0.25, 0.3) is 0 Å². The molecule has 0 amide bonds. The number of aliphatic hydroxyl groups excluding tert-OH is 4. The molecule has 0 aliphatic carbocycles. The van der Waals surface area contributed by atoms with E-state index in [2.05, 4.69) is 6.58 Å². The third kappa shape index (κ3) is 1.90. The predicted molar refractivity (Wildman–Crippen MR) is 44.0 cm³/mol. The van der Waals surface area contributed by atoms with Gasteiger partial charge in [-0.3, -0.25) is 0 Å². The molecule has 0 saturated carbocycles. The van der Waals surface area contributed by atoms with Crippen molar-refractivity contribution in [1.29, 1.82) is 0 Å². The van der Waals surface area contributed by atoms with Crippen LogP contribution in [0.15, 0.2) is 12.7 Å². The molecule has 0 aromatic carbocycles. The van der Waals surface area contributed by atoms with Crippen LogP contribution in [0.4, 0.5) is 0 Å². The molecule has 1 aliphatic heterocycles. The van der Waals surface area contributed by atoms with Gasteiger partial charge in [0.25, 0.3) is 0 Å². The largest absolute Gasteiger partial charge is 0.394 e. The Labute approximate surface area is 75.9 Å². The first-order valence-corrected chi connectivity index (χ1v) is 4.05. The third-order valence-corrected chi connectivity index (χ3v) is 2.16. The van der Waals surface area contributed by atoms with Crippen LogP contribution >= 0.6 is 0 Å². The van der Waals surface area contributed by atoms with Gasteiger partial charge in [-0.1, -0.05) is 6.08 Å². The van der Waals surface area contributed by atoms with Crippen LogP contribution in [-0.2, 0) is 4.74 Å². The van der Waals surface area contributed by atoms with Crippen LogP contribution < -0.4 is 0 Å². The number of hydrogen-bond donors (Lipinski definition) is 4. The summed E-state index contributed by atoms with van der Waals surface area (Å²) < 4.78 is 5.05. The molecule has 0 aromatic rings. The quantitative estimate of drug-likeness (QED) is 0.379. The summed E-state index contributed by atoms with van der Waals surface area (Å²) in [5.74, 6) is 0. The molecule has 0 aromatic heterocycles. The van der Waals surface area contributed by atoms with E-state index in [0.717, 1.165) is 0 Å². The van der Waals surface area contributed by atoms with E-state index >= 15 is 0 Å². The Hall–Kier alpha value is -0.460. The van der Waals surface area contributed by atoms with E-state index in [1.54, 1.807) is 0 Å².